The van der Waals surface area contributed by atoms with Crippen molar-refractivity contribution in [2.75, 3.05) is 0 Å². The second kappa shape index (κ2) is 2.45. The van der Waals surface area contributed by atoms with Gasteiger partial charge in [-0.25, -0.2) is 0 Å². The Labute approximate surface area is 61.2 Å². The molecular weight excluding hydrogens is 138 g/mol. The predicted molar refractivity (Wildman–Crippen MR) is 37.7 cm³/mol. The van der Waals surface area contributed by atoms with Gasteiger partial charge >= 0.3 is 0 Å². The smallest absolute Gasteiger partial charge is 0.0731 e. The SMILES string of the molecule is Cl.NC1CC2CCC1O2. The lowest BCUT2D eigenvalue weighted by Gasteiger charge is -2.11. The van der Waals surface area contributed by atoms with Crippen molar-refractivity contribution in [1.29, 1.82) is 0 Å². The average molecular weight is 150 g/mol. The molecule has 2 fully saturated rings. The maximum absolute atomic E-state index is 5.69. The highest BCUT2D eigenvalue weighted by molar-refractivity contribution is 5.85. The molecule has 0 aliphatic carbocycles. The van der Waals surface area contributed by atoms with E-state index in [0.717, 1.165) is 6.42 Å². The zero-order valence-electron chi connectivity index (χ0n) is 5.25. The summed E-state index contributed by atoms with van der Waals surface area (Å²) >= 11 is 0. The molecule has 0 aromatic rings. The number of hydrogen-bond donors (Lipinski definition) is 1. The molecule has 0 aromatic heterocycles. The van der Waals surface area contributed by atoms with Crippen LogP contribution >= 0.6 is 12.4 Å². The molecule has 3 unspecified atom stereocenters. The van der Waals surface area contributed by atoms with Crippen molar-refractivity contribution in [2.24, 2.45) is 5.73 Å². The van der Waals surface area contributed by atoms with Crippen molar-refractivity contribution >= 4 is 12.4 Å². The normalized spacial score (nSPS) is 47.0. The van der Waals surface area contributed by atoms with Gasteiger partial charge in [0.25, 0.3) is 0 Å². The van der Waals surface area contributed by atoms with Crippen LogP contribution in [-0.2, 0) is 4.74 Å². The summed E-state index contributed by atoms with van der Waals surface area (Å²) in [6.45, 7) is 0. The summed E-state index contributed by atoms with van der Waals surface area (Å²) in [5, 5.41) is 0. The third kappa shape index (κ3) is 1.07. The number of nitrogens with two attached hydrogens (primary N) is 1. The van der Waals surface area contributed by atoms with Gasteiger partial charge in [-0.05, 0) is 19.3 Å². The van der Waals surface area contributed by atoms with Crippen molar-refractivity contribution < 1.29 is 4.74 Å². The molecule has 2 saturated heterocycles. The van der Waals surface area contributed by atoms with Gasteiger partial charge in [0.05, 0.1) is 12.2 Å². The van der Waals surface area contributed by atoms with Crippen molar-refractivity contribution in [1.82, 2.24) is 0 Å². The van der Waals surface area contributed by atoms with Crippen LogP contribution in [0, 0.1) is 0 Å². The maximum Gasteiger partial charge on any atom is 0.0731 e. The van der Waals surface area contributed by atoms with Crippen molar-refractivity contribution in [3.05, 3.63) is 0 Å². The molecule has 0 aromatic carbocycles. The van der Waals surface area contributed by atoms with Crippen LogP contribution in [0.5, 0.6) is 0 Å². The van der Waals surface area contributed by atoms with Crippen molar-refractivity contribution in [2.45, 2.75) is 37.5 Å². The Bertz CT molecular complexity index is 107. The minimum Gasteiger partial charge on any atom is -0.373 e. The topological polar surface area (TPSA) is 35.2 Å². The summed E-state index contributed by atoms with van der Waals surface area (Å²) in [7, 11) is 0. The zero-order chi connectivity index (χ0) is 5.56. The summed E-state index contributed by atoms with van der Waals surface area (Å²) in [5.74, 6) is 0. The lowest BCUT2D eigenvalue weighted by atomic mass is 9.97. The fourth-order valence-corrected chi connectivity index (χ4v) is 1.68. The van der Waals surface area contributed by atoms with E-state index in [9.17, 15) is 0 Å². The number of hydrogen-bond acceptors (Lipinski definition) is 2. The van der Waals surface area contributed by atoms with Crippen LogP contribution in [-0.4, -0.2) is 18.2 Å². The minimum absolute atomic E-state index is 0. The molecule has 9 heavy (non-hydrogen) atoms. The van der Waals surface area contributed by atoms with Gasteiger partial charge in [0.1, 0.15) is 0 Å². The molecule has 54 valence electrons. The zero-order valence-corrected chi connectivity index (χ0v) is 6.06. The van der Waals surface area contributed by atoms with E-state index < -0.39 is 0 Å². The molecule has 2 heterocycles. The number of fused-ring (bicyclic) bond motifs is 2. The first-order valence-corrected chi connectivity index (χ1v) is 3.27. The van der Waals surface area contributed by atoms with E-state index in [2.05, 4.69) is 0 Å². The highest BCUT2D eigenvalue weighted by Gasteiger charge is 2.38. The Morgan fingerprint density at radius 3 is 2.33 bits per heavy atom. The third-order valence-electron chi connectivity index (χ3n) is 2.15. The molecule has 2 bridgehead atoms. The van der Waals surface area contributed by atoms with Gasteiger partial charge in [0, 0.05) is 6.04 Å². The van der Waals surface area contributed by atoms with Gasteiger partial charge in [-0.3, -0.25) is 0 Å². The molecule has 2 nitrogen and oxygen atoms in total. The van der Waals surface area contributed by atoms with E-state index >= 15 is 0 Å². The van der Waals surface area contributed by atoms with Gasteiger partial charge in [-0.15, -0.1) is 12.4 Å². The molecule has 0 amide bonds. The molecule has 2 aliphatic rings. The highest BCUT2D eigenvalue weighted by Crippen LogP contribution is 2.32. The summed E-state index contributed by atoms with van der Waals surface area (Å²) in [4.78, 5) is 0. The van der Waals surface area contributed by atoms with Crippen LogP contribution < -0.4 is 5.73 Å². The van der Waals surface area contributed by atoms with Crippen LogP contribution in [0.15, 0.2) is 0 Å². The largest absolute Gasteiger partial charge is 0.373 e. The summed E-state index contributed by atoms with van der Waals surface area (Å²) in [6, 6.07) is 0.355. The van der Waals surface area contributed by atoms with Crippen LogP contribution in [0.2, 0.25) is 0 Å². The van der Waals surface area contributed by atoms with E-state index in [0.29, 0.717) is 18.2 Å². The van der Waals surface area contributed by atoms with Gasteiger partial charge in [0.2, 0.25) is 0 Å². The van der Waals surface area contributed by atoms with Crippen LogP contribution in [0.4, 0.5) is 0 Å². The monoisotopic (exact) mass is 149 g/mol. The van der Waals surface area contributed by atoms with Crippen LogP contribution in [0.1, 0.15) is 19.3 Å². The summed E-state index contributed by atoms with van der Waals surface area (Å²) in [6.07, 6.45) is 4.49. The first-order chi connectivity index (χ1) is 3.86. The van der Waals surface area contributed by atoms with Gasteiger partial charge in [0.15, 0.2) is 0 Å². The van der Waals surface area contributed by atoms with Crippen LogP contribution in [0.25, 0.3) is 0 Å². The molecule has 2 N–H and O–H groups in total. The Hall–Kier alpha value is 0.210. The van der Waals surface area contributed by atoms with E-state index in [1.807, 2.05) is 0 Å². The molecule has 2 aliphatic heterocycles. The van der Waals surface area contributed by atoms with Crippen molar-refractivity contribution in [3.8, 4) is 0 Å². The van der Waals surface area contributed by atoms with Crippen LogP contribution in [0.3, 0.4) is 0 Å². The van der Waals surface area contributed by atoms with Crippen molar-refractivity contribution in [3.63, 3.8) is 0 Å². The quantitative estimate of drug-likeness (QED) is 0.550. The number of halogens is 1. The third-order valence-corrected chi connectivity index (χ3v) is 2.15. The van der Waals surface area contributed by atoms with E-state index in [-0.39, 0.29) is 12.4 Å². The Morgan fingerprint density at radius 1 is 1.33 bits per heavy atom. The fourth-order valence-electron chi connectivity index (χ4n) is 1.68. The van der Waals surface area contributed by atoms with E-state index in [4.69, 9.17) is 10.5 Å². The van der Waals surface area contributed by atoms with Gasteiger partial charge in [-0.2, -0.15) is 0 Å². The van der Waals surface area contributed by atoms with E-state index in [1.54, 1.807) is 0 Å². The Morgan fingerprint density at radius 2 is 2.11 bits per heavy atom. The van der Waals surface area contributed by atoms with Gasteiger partial charge in [-0.1, -0.05) is 0 Å². The lowest BCUT2D eigenvalue weighted by molar-refractivity contribution is 0.101. The molecule has 0 saturated carbocycles. The molecule has 2 rings (SSSR count). The molecule has 3 heteroatoms. The number of ether oxygens (including phenoxy) is 1. The molecule has 0 radical (unpaired) electrons. The fraction of sp³-hybridized carbons (Fsp3) is 1.00. The van der Waals surface area contributed by atoms with Gasteiger partial charge < -0.3 is 10.5 Å². The second-order valence-electron chi connectivity index (χ2n) is 2.77. The Kier molecular flexibility index (Phi) is 1.99. The van der Waals surface area contributed by atoms with E-state index in [1.165, 1.54) is 12.8 Å². The maximum atomic E-state index is 5.69. The Balaban J connectivity index is 0.000000405. The summed E-state index contributed by atoms with van der Waals surface area (Å²) in [5.41, 5.74) is 5.69. The first kappa shape index (κ1) is 7.32. The second-order valence-corrected chi connectivity index (χ2v) is 2.77. The summed E-state index contributed by atoms with van der Waals surface area (Å²) < 4.78 is 5.46. The predicted octanol–water partition coefficient (Wildman–Crippen LogP) is 0.687. The molecule has 0 spiro atoms. The number of rotatable bonds is 0. The first-order valence-electron chi connectivity index (χ1n) is 3.27. The lowest BCUT2D eigenvalue weighted by Crippen LogP contribution is -2.30. The molecule has 3 atom stereocenters. The average Bonchev–Trinajstić information content (AvgIpc) is 2.23. The standard InChI is InChI=1S/C6H11NO.ClH/c7-5-3-4-1-2-6(5)8-4;/h4-6H,1-3,7H2;1H. The highest BCUT2D eigenvalue weighted by atomic mass is 35.5. The minimum atomic E-state index is 0. The molecular formula is C6H12ClNO.